The summed E-state index contributed by atoms with van der Waals surface area (Å²) in [6.07, 6.45) is 1.08. The van der Waals surface area contributed by atoms with Crippen LogP contribution in [0.5, 0.6) is 0 Å². The molecule has 1 fully saturated rings. The van der Waals surface area contributed by atoms with Gasteiger partial charge in [0, 0.05) is 30.0 Å². The fourth-order valence-electron chi connectivity index (χ4n) is 2.27. The van der Waals surface area contributed by atoms with Gasteiger partial charge in [-0.2, -0.15) is 11.8 Å². The highest BCUT2D eigenvalue weighted by Gasteiger charge is 2.25. The molecule has 0 aromatic heterocycles. The predicted octanol–water partition coefficient (Wildman–Crippen LogP) is 1.88. The van der Waals surface area contributed by atoms with Crippen molar-refractivity contribution in [1.29, 1.82) is 0 Å². The van der Waals surface area contributed by atoms with Gasteiger partial charge in [0.2, 0.25) is 0 Å². The van der Waals surface area contributed by atoms with Crippen LogP contribution in [0.4, 0.5) is 0 Å². The zero-order valence-electron chi connectivity index (χ0n) is 12.0. The molecule has 106 valence electrons. The van der Waals surface area contributed by atoms with Crippen molar-refractivity contribution in [2.75, 3.05) is 25.1 Å². The number of benzene rings is 1. The molecule has 1 aliphatic heterocycles. The molecule has 0 saturated carbocycles. The molecule has 1 aromatic carbocycles. The minimum atomic E-state index is 0.0893. The van der Waals surface area contributed by atoms with Crippen molar-refractivity contribution in [1.82, 2.24) is 4.90 Å². The molecule has 4 heteroatoms. The summed E-state index contributed by atoms with van der Waals surface area (Å²) in [7, 11) is 1.90. The molecule has 0 radical (unpaired) electrons. The van der Waals surface area contributed by atoms with E-state index in [-0.39, 0.29) is 5.91 Å². The summed E-state index contributed by atoms with van der Waals surface area (Å²) in [5.41, 5.74) is 7.97. The molecule has 1 heterocycles. The first-order valence-electron chi connectivity index (χ1n) is 6.78. The summed E-state index contributed by atoms with van der Waals surface area (Å²) in [6, 6.07) is 6.11. The Morgan fingerprint density at radius 1 is 1.55 bits per heavy atom. The normalized spacial score (nSPS) is 17.4. The maximum atomic E-state index is 12.6. The number of hydrogen-bond acceptors (Lipinski definition) is 3. The van der Waals surface area contributed by atoms with Gasteiger partial charge in [0.15, 0.2) is 0 Å². The fourth-order valence-corrected chi connectivity index (χ4v) is 3.53. The smallest absolute Gasteiger partial charge is 0.254 e. The molecule has 1 aliphatic rings. The molecular formula is C16H20N2OS. The maximum Gasteiger partial charge on any atom is 0.254 e. The highest BCUT2D eigenvalue weighted by atomic mass is 32.2. The lowest BCUT2D eigenvalue weighted by Gasteiger charge is -2.24. The quantitative estimate of drug-likeness (QED) is 0.845. The van der Waals surface area contributed by atoms with Gasteiger partial charge in [-0.25, -0.2) is 0 Å². The summed E-state index contributed by atoms with van der Waals surface area (Å²) < 4.78 is 0. The number of nitrogens with zero attached hydrogens (tertiary/aromatic N) is 1. The number of carbonyl (C=O) groups excluding carboxylic acids is 1. The van der Waals surface area contributed by atoms with Crippen molar-refractivity contribution in [3.63, 3.8) is 0 Å². The van der Waals surface area contributed by atoms with Crippen LogP contribution in [0, 0.1) is 18.8 Å². The Balaban J connectivity index is 2.23. The van der Waals surface area contributed by atoms with E-state index in [1.54, 1.807) is 0 Å². The van der Waals surface area contributed by atoms with Crippen LogP contribution < -0.4 is 5.73 Å². The molecule has 0 aliphatic carbocycles. The lowest BCUT2D eigenvalue weighted by Crippen LogP contribution is -2.37. The molecule has 1 amide bonds. The first-order valence-corrected chi connectivity index (χ1v) is 7.93. The minimum Gasteiger partial charge on any atom is -0.338 e. The van der Waals surface area contributed by atoms with E-state index >= 15 is 0 Å². The lowest BCUT2D eigenvalue weighted by atomic mass is 10.0. The highest BCUT2D eigenvalue weighted by molar-refractivity contribution is 7.99. The molecule has 0 bridgehead atoms. The van der Waals surface area contributed by atoms with E-state index < -0.39 is 0 Å². The molecule has 20 heavy (non-hydrogen) atoms. The number of rotatable bonds is 2. The Labute approximate surface area is 124 Å². The van der Waals surface area contributed by atoms with E-state index in [1.807, 2.05) is 48.8 Å². The van der Waals surface area contributed by atoms with E-state index in [1.165, 1.54) is 0 Å². The Morgan fingerprint density at radius 3 is 3.00 bits per heavy atom. The van der Waals surface area contributed by atoms with Gasteiger partial charge < -0.3 is 10.6 Å². The monoisotopic (exact) mass is 288 g/mol. The molecular weight excluding hydrogens is 268 g/mol. The zero-order valence-corrected chi connectivity index (χ0v) is 12.8. The van der Waals surface area contributed by atoms with Crippen LogP contribution in [0.2, 0.25) is 0 Å². The maximum absolute atomic E-state index is 12.6. The Hall–Kier alpha value is -1.44. The van der Waals surface area contributed by atoms with Gasteiger partial charge in [-0.3, -0.25) is 4.79 Å². The van der Waals surface area contributed by atoms with Gasteiger partial charge in [-0.05, 0) is 36.8 Å². The average molecular weight is 288 g/mol. The predicted molar refractivity (Wildman–Crippen MR) is 84.9 cm³/mol. The Morgan fingerprint density at radius 2 is 2.35 bits per heavy atom. The van der Waals surface area contributed by atoms with Gasteiger partial charge in [-0.15, -0.1) is 0 Å². The van der Waals surface area contributed by atoms with Crippen molar-refractivity contribution < 1.29 is 4.79 Å². The molecule has 1 aromatic rings. The summed E-state index contributed by atoms with van der Waals surface area (Å²) in [4.78, 5) is 14.5. The van der Waals surface area contributed by atoms with Gasteiger partial charge in [0.25, 0.3) is 5.91 Å². The Kier molecular flexibility index (Phi) is 5.11. The number of thioether (sulfide) groups is 1. The second-order valence-electron chi connectivity index (χ2n) is 4.97. The summed E-state index contributed by atoms with van der Waals surface area (Å²) in [5, 5.41) is 0. The topological polar surface area (TPSA) is 46.3 Å². The number of hydrogen-bond donors (Lipinski definition) is 1. The van der Waals surface area contributed by atoms with E-state index in [4.69, 9.17) is 5.73 Å². The van der Waals surface area contributed by atoms with Crippen LogP contribution >= 0.6 is 11.8 Å². The first kappa shape index (κ1) is 15.0. The number of amides is 1. The van der Waals surface area contributed by atoms with E-state index in [2.05, 4.69) is 11.8 Å². The largest absolute Gasteiger partial charge is 0.338 e. The van der Waals surface area contributed by atoms with Crippen molar-refractivity contribution in [3.8, 4) is 11.8 Å². The molecule has 2 rings (SSSR count). The summed E-state index contributed by atoms with van der Waals surface area (Å²) in [5.74, 6) is 8.08. The average Bonchev–Trinajstić information content (AvgIpc) is 2.99. The molecule has 0 spiro atoms. The number of carbonyl (C=O) groups is 1. The van der Waals surface area contributed by atoms with Crippen molar-refractivity contribution in [2.24, 2.45) is 5.73 Å². The number of aryl methyl sites for hydroxylation is 1. The zero-order chi connectivity index (χ0) is 14.5. The number of nitrogens with two attached hydrogens (primary N) is 1. The van der Waals surface area contributed by atoms with Crippen LogP contribution in [-0.4, -0.2) is 41.9 Å². The van der Waals surface area contributed by atoms with Gasteiger partial charge in [-0.1, -0.05) is 17.9 Å². The second kappa shape index (κ2) is 6.83. The van der Waals surface area contributed by atoms with Gasteiger partial charge in [0.05, 0.1) is 6.54 Å². The van der Waals surface area contributed by atoms with E-state index in [0.29, 0.717) is 12.6 Å². The standard InChI is InChI=1S/C16H20N2OS/c1-12-5-6-13(4-3-8-17)10-15(12)16(19)18(2)14-7-9-20-11-14/h5-6,10,14H,7-9,11,17H2,1-2H3. The van der Waals surface area contributed by atoms with Crippen LogP contribution in [-0.2, 0) is 0 Å². The van der Waals surface area contributed by atoms with E-state index in [9.17, 15) is 4.79 Å². The van der Waals surface area contributed by atoms with Crippen LogP contribution in [0.25, 0.3) is 0 Å². The first-order chi connectivity index (χ1) is 9.63. The highest BCUT2D eigenvalue weighted by Crippen LogP contribution is 2.23. The van der Waals surface area contributed by atoms with Crippen LogP contribution in [0.1, 0.15) is 27.9 Å². The van der Waals surface area contributed by atoms with Crippen molar-refractivity contribution in [2.45, 2.75) is 19.4 Å². The molecule has 3 nitrogen and oxygen atoms in total. The SMILES string of the molecule is Cc1ccc(C#CCN)cc1C(=O)N(C)C1CCSC1. The molecule has 1 atom stereocenters. The lowest BCUT2D eigenvalue weighted by molar-refractivity contribution is 0.0747. The third kappa shape index (κ3) is 3.36. The Bertz CT molecular complexity index is 553. The van der Waals surface area contributed by atoms with Crippen molar-refractivity contribution >= 4 is 17.7 Å². The van der Waals surface area contributed by atoms with Crippen LogP contribution in [0.3, 0.4) is 0 Å². The van der Waals surface area contributed by atoms with Crippen LogP contribution in [0.15, 0.2) is 18.2 Å². The third-order valence-electron chi connectivity index (χ3n) is 3.58. The molecule has 1 saturated heterocycles. The second-order valence-corrected chi connectivity index (χ2v) is 6.12. The molecule has 2 N–H and O–H groups in total. The fraction of sp³-hybridized carbons (Fsp3) is 0.438. The van der Waals surface area contributed by atoms with E-state index in [0.717, 1.165) is 34.6 Å². The van der Waals surface area contributed by atoms with Crippen molar-refractivity contribution in [3.05, 3.63) is 34.9 Å². The molecule has 1 unspecified atom stereocenters. The summed E-state index contributed by atoms with van der Waals surface area (Å²) in [6.45, 7) is 2.29. The minimum absolute atomic E-state index is 0.0893. The summed E-state index contributed by atoms with van der Waals surface area (Å²) >= 11 is 1.91. The van der Waals surface area contributed by atoms with Gasteiger partial charge >= 0.3 is 0 Å². The third-order valence-corrected chi connectivity index (χ3v) is 4.72. The van der Waals surface area contributed by atoms with Gasteiger partial charge in [0.1, 0.15) is 0 Å².